The minimum atomic E-state index is -5.18. The third-order valence-electron chi connectivity index (χ3n) is 1.36. The fourth-order valence-electron chi connectivity index (χ4n) is 0.835. The second-order valence-electron chi connectivity index (χ2n) is 2.55. The monoisotopic (exact) mass is 357 g/mol. The molecule has 90 valence electrons. The predicted molar refractivity (Wildman–Crippen MR) is 48.6 cm³/mol. The summed E-state index contributed by atoms with van der Waals surface area (Å²) in [5.41, 5.74) is -1.56. The lowest BCUT2D eigenvalue weighted by atomic mass is 10.2. The summed E-state index contributed by atoms with van der Waals surface area (Å²) in [5.74, 6) is -1.31. The van der Waals surface area contributed by atoms with E-state index in [0.29, 0.717) is 12.3 Å². The van der Waals surface area contributed by atoms with Gasteiger partial charge in [0.05, 0.1) is 0 Å². The Morgan fingerprint density at radius 2 is 1.69 bits per heavy atom. The molecule has 0 fully saturated rings. The molecule has 0 aromatic carbocycles. The molecule has 0 amide bonds. The van der Waals surface area contributed by atoms with Crippen LogP contribution < -0.4 is 4.74 Å². The van der Waals surface area contributed by atoms with Gasteiger partial charge in [-0.15, -0.1) is 13.2 Å². The lowest BCUT2D eigenvalue weighted by molar-refractivity contribution is -0.276. The molecular formula is C7H2F6INO. The van der Waals surface area contributed by atoms with E-state index in [9.17, 15) is 26.3 Å². The Morgan fingerprint density at radius 3 is 2.12 bits per heavy atom. The summed E-state index contributed by atoms with van der Waals surface area (Å²) in [7, 11) is 0. The Morgan fingerprint density at radius 1 is 1.12 bits per heavy atom. The standard InChI is InChI=1S/C7H2F6INO/c8-6(9,10)3-2-15-5(14)1-4(3)16-7(11,12)13/h1-2H. The number of ether oxygens (including phenoxy) is 1. The van der Waals surface area contributed by atoms with Gasteiger partial charge in [0.15, 0.2) is 0 Å². The first-order valence-electron chi connectivity index (χ1n) is 3.58. The third-order valence-corrected chi connectivity index (χ3v) is 1.95. The van der Waals surface area contributed by atoms with Crippen molar-refractivity contribution in [2.24, 2.45) is 0 Å². The van der Waals surface area contributed by atoms with Crippen molar-refractivity contribution in [1.29, 1.82) is 0 Å². The topological polar surface area (TPSA) is 22.1 Å². The van der Waals surface area contributed by atoms with E-state index in [2.05, 4.69) is 9.72 Å². The van der Waals surface area contributed by atoms with Gasteiger partial charge in [-0.2, -0.15) is 13.2 Å². The first-order chi connectivity index (χ1) is 7.09. The van der Waals surface area contributed by atoms with Crippen LogP contribution in [0, 0.1) is 3.70 Å². The molecule has 0 unspecified atom stereocenters. The highest BCUT2D eigenvalue weighted by atomic mass is 127. The molecule has 0 radical (unpaired) electrons. The summed E-state index contributed by atoms with van der Waals surface area (Å²) in [6.45, 7) is 0. The lowest BCUT2D eigenvalue weighted by Gasteiger charge is -2.14. The number of nitrogens with zero attached hydrogens (tertiary/aromatic N) is 1. The van der Waals surface area contributed by atoms with Crippen molar-refractivity contribution in [3.63, 3.8) is 0 Å². The van der Waals surface area contributed by atoms with Crippen molar-refractivity contribution < 1.29 is 31.1 Å². The van der Waals surface area contributed by atoms with Crippen LogP contribution in [0.4, 0.5) is 26.3 Å². The van der Waals surface area contributed by atoms with Crippen LogP contribution in [0.5, 0.6) is 5.75 Å². The number of halogens is 7. The number of pyridine rings is 1. The van der Waals surface area contributed by atoms with Crippen molar-refractivity contribution in [2.45, 2.75) is 12.5 Å². The van der Waals surface area contributed by atoms with Crippen LogP contribution >= 0.6 is 22.6 Å². The average molecular weight is 357 g/mol. The fourth-order valence-corrected chi connectivity index (χ4v) is 1.26. The van der Waals surface area contributed by atoms with Crippen molar-refractivity contribution in [2.75, 3.05) is 0 Å². The van der Waals surface area contributed by atoms with Crippen LogP contribution in [0.25, 0.3) is 0 Å². The number of hydrogen-bond donors (Lipinski definition) is 0. The lowest BCUT2D eigenvalue weighted by Crippen LogP contribution is -2.20. The van der Waals surface area contributed by atoms with Crippen LogP contribution in [-0.4, -0.2) is 11.3 Å². The van der Waals surface area contributed by atoms with Crippen LogP contribution in [-0.2, 0) is 6.18 Å². The highest BCUT2D eigenvalue weighted by Gasteiger charge is 2.39. The van der Waals surface area contributed by atoms with Gasteiger partial charge in [0.25, 0.3) is 0 Å². The molecule has 16 heavy (non-hydrogen) atoms. The van der Waals surface area contributed by atoms with E-state index >= 15 is 0 Å². The fraction of sp³-hybridized carbons (Fsp3) is 0.286. The van der Waals surface area contributed by atoms with Crippen molar-refractivity contribution in [1.82, 2.24) is 4.98 Å². The molecule has 0 saturated carbocycles. The van der Waals surface area contributed by atoms with E-state index in [0.717, 1.165) is 0 Å². The van der Waals surface area contributed by atoms with Gasteiger partial charge >= 0.3 is 12.5 Å². The Bertz CT molecular complexity index is 387. The summed E-state index contributed by atoms with van der Waals surface area (Å²) in [4.78, 5) is 3.26. The normalized spacial score (nSPS) is 12.7. The van der Waals surface area contributed by atoms with Gasteiger partial charge in [0.2, 0.25) is 0 Å². The van der Waals surface area contributed by atoms with E-state index in [-0.39, 0.29) is 3.70 Å². The molecule has 2 nitrogen and oxygen atoms in total. The van der Waals surface area contributed by atoms with Crippen LogP contribution in [0.15, 0.2) is 12.3 Å². The molecule has 1 aromatic rings. The van der Waals surface area contributed by atoms with Gasteiger partial charge in [-0.25, -0.2) is 4.98 Å². The summed E-state index contributed by atoms with van der Waals surface area (Å²) in [6, 6.07) is 0.566. The highest BCUT2D eigenvalue weighted by molar-refractivity contribution is 14.1. The number of aromatic nitrogens is 1. The Balaban J connectivity index is 3.19. The Labute approximate surface area is 98.7 Å². The Hall–Kier alpha value is -0.740. The van der Waals surface area contributed by atoms with Crippen molar-refractivity contribution >= 4 is 22.6 Å². The van der Waals surface area contributed by atoms with Gasteiger partial charge in [-0.1, -0.05) is 0 Å². The van der Waals surface area contributed by atoms with Crippen molar-refractivity contribution in [3.8, 4) is 5.75 Å². The van der Waals surface area contributed by atoms with E-state index in [1.54, 1.807) is 0 Å². The van der Waals surface area contributed by atoms with Gasteiger partial charge < -0.3 is 4.74 Å². The van der Waals surface area contributed by atoms with Crippen LogP contribution in [0.2, 0.25) is 0 Å². The molecule has 1 heterocycles. The number of hydrogen-bond acceptors (Lipinski definition) is 2. The third kappa shape index (κ3) is 3.68. The molecule has 0 atom stereocenters. The van der Waals surface area contributed by atoms with Gasteiger partial charge in [-0.3, -0.25) is 0 Å². The second kappa shape index (κ2) is 4.26. The van der Waals surface area contributed by atoms with E-state index in [1.165, 1.54) is 22.6 Å². The van der Waals surface area contributed by atoms with Crippen molar-refractivity contribution in [3.05, 3.63) is 21.5 Å². The van der Waals surface area contributed by atoms with Crippen LogP contribution in [0.1, 0.15) is 5.56 Å². The molecule has 0 spiro atoms. The average Bonchev–Trinajstić information content (AvgIpc) is 1.97. The summed E-state index contributed by atoms with van der Waals surface area (Å²) < 4.78 is 75.5. The molecule has 0 aliphatic rings. The van der Waals surface area contributed by atoms with Crippen LogP contribution in [0.3, 0.4) is 0 Å². The SMILES string of the molecule is FC(F)(F)Oc1cc(I)ncc1C(F)(F)F. The molecule has 1 aromatic heterocycles. The second-order valence-corrected chi connectivity index (χ2v) is 3.65. The molecule has 9 heteroatoms. The summed E-state index contributed by atoms with van der Waals surface area (Å²) in [5, 5.41) is 0. The molecular weight excluding hydrogens is 355 g/mol. The van der Waals surface area contributed by atoms with Gasteiger partial charge in [0, 0.05) is 12.3 Å². The Kier molecular flexibility index (Phi) is 3.55. The first kappa shape index (κ1) is 13.3. The van der Waals surface area contributed by atoms with E-state index in [1.807, 2.05) is 0 Å². The minimum Gasteiger partial charge on any atom is -0.405 e. The zero-order valence-corrected chi connectivity index (χ0v) is 9.31. The molecule has 0 aliphatic carbocycles. The largest absolute Gasteiger partial charge is 0.573 e. The summed E-state index contributed by atoms with van der Waals surface area (Å²) in [6.07, 6.45) is -9.83. The summed E-state index contributed by atoms with van der Waals surface area (Å²) >= 11 is 1.48. The smallest absolute Gasteiger partial charge is 0.405 e. The maximum atomic E-state index is 12.3. The predicted octanol–water partition coefficient (Wildman–Crippen LogP) is 3.60. The maximum absolute atomic E-state index is 12.3. The molecule has 0 N–H and O–H groups in total. The minimum absolute atomic E-state index is 0.0372. The quantitative estimate of drug-likeness (QED) is 0.435. The number of rotatable bonds is 1. The number of alkyl halides is 6. The maximum Gasteiger partial charge on any atom is 0.573 e. The zero-order valence-electron chi connectivity index (χ0n) is 7.16. The highest BCUT2D eigenvalue weighted by Crippen LogP contribution is 2.38. The van der Waals surface area contributed by atoms with Gasteiger partial charge in [0.1, 0.15) is 15.0 Å². The van der Waals surface area contributed by atoms with E-state index < -0.39 is 23.9 Å². The first-order valence-corrected chi connectivity index (χ1v) is 4.66. The molecule has 0 bridgehead atoms. The molecule has 0 aliphatic heterocycles. The van der Waals surface area contributed by atoms with Gasteiger partial charge in [-0.05, 0) is 22.6 Å². The molecule has 1 rings (SSSR count). The zero-order chi connectivity index (χ0) is 12.6. The molecule has 0 saturated heterocycles. The van der Waals surface area contributed by atoms with E-state index in [4.69, 9.17) is 0 Å².